The van der Waals surface area contributed by atoms with E-state index in [1.807, 2.05) is 0 Å². The Labute approximate surface area is 80.2 Å². The molecule has 0 aliphatic rings. The molecule has 0 amide bonds. The molecule has 1 heterocycles. The SMILES string of the molecule is COc1nc(N)nc2c(O)cccc12. The maximum Gasteiger partial charge on any atom is 0.226 e. The van der Waals surface area contributed by atoms with Crippen LogP contribution in [0, 0.1) is 0 Å². The highest BCUT2D eigenvalue weighted by Crippen LogP contribution is 2.28. The second kappa shape index (κ2) is 3.02. The fraction of sp³-hybridized carbons (Fsp3) is 0.111. The number of hydrogen-bond donors (Lipinski definition) is 2. The van der Waals surface area contributed by atoms with E-state index in [-0.39, 0.29) is 11.7 Å². The Morgan fingerprint density at radius 3 is 2.86 bits per heavy atom. The molecule has 0 saturated heterocycles. The molecule has 5 heteroatoms. The minimum absolute atomic E-state index is 0.0647. The lowest BCUT2D eigenvalue weighted by Crippen LogP contribution is -1.98. The van der Waals surface area contributed by atoms with Crippen LogP contribution in [-0.2, 0) is 0 Å². The average molecular weight is 191 g/mol. The number of fused-ring (bicyclic) bond motifs is 1. The number of hydrogen-bond acceptors (Lipinski definition) is 5. The Bertz CT molecular complexity index is 485. The first-order chi connectivity index (χ1) is 6.72. The monoisotopic (exact) mass is 191 g/mol. The maximum absolute atomic E-state index is 9.51. The van der Waals surface area contributed by atoms with E-state index in [0.717, 1.165) is 0 Å². The third-order valence-electron chi connectivity index (χ3n) is 1.88. The lowest BCUT2D eigenvalue weighted by molar-refractivity contribution is 0.403. The van der Waals surface area contributed by atoms with Crippen molar-refractivity contribution in [2.45, 2.75) is 0 Å². The molecule has 0 spiro atoms. The van der Waals surface area contributed by atoms with Gasteiger partial charge in [-0.05, 0) is 12.1 Å². The zero-order valence-corrected chi connectivity index (χ0v) is 7.56. The Morgan fingerprint density at radius 1 is 1.36 bits per heavy atom. The predicted molar refractivity (Wildman–Crippen MR) is 52.2 cm³/mol. The third-order valence-corrected chi connectivity index (χ3v) is 1.88. The molecule has 0 saturated carbocycles. The number of phenolic OH excluding ortho intramolecular Hbond substituents is 1. The third kappa shape index (κ3) is 1.19. The summed E-state index contributed by atoms with van der Waals surface area (Å²) in [4.78, 5) is 7.81. The van der Waals surface area contributed by atoms with Crippen molar-refractivity contribution in [2.75, 3.05) is 12.8 Å². The van der Waals surface area contributed by atoms with Gasteiger partial charge < -0.3 is 15.6 Å². The van der Waals surface area contributed by atoms with E-state index < -0.39 is 0 Å². The van der Waals surface area contributed by atoms with Gasteiger partial charge in [-0.15, -0.1) is 0 Å². The molecular formula is C9H9N3O2. The standard InChI is InChI=1S/C9H9N3O2/c1-14-8-5-3-2-4-6(13)7(5)11-9(10)12-8/h2-4,13H,1H3,(H2,10,11,12). The quantitative estimate of drug-likeness (QED) is 0.700. The van der Waals surface area contributed by atoms with Crippen molar-refractivity contribution in [2.24, 2.45) is 0 Å². The second-order valence-electron chi connectivity index (χ2n) is 2.76. The number of para-hydroxylation sites is 1. The van der Waals surface area contributed by atoms with E-state index in [1.165, 1.54) is 13.2 Å². The number of anilines is 1. The summed E-state index contributed by atoms with van der Waals surface area (Å²) in [6, 6.07) is 4.99. The van der Waals surface area contributed by atoms with Gasteiger partial charge in [0.15, 0.2) is 0 Å². The molecule has 0 aliphatic heterocycles. The largest absolute Gasteiger partial charge is 0.506 e. The van der Waals surface area contributed by atoms with Crippen LogP contribution < -0.4 is 10.5 Å². The molecule has 0 radical (unpaired) electrons. The minimum atomic E-state index is 0.0647. The molecule has 0 atom stereocenters. The first kappa shape index (κ1) is 8.55. The molecule has 2 aromatic rings. The molecule has 0 fully saturated rings. The van der Waals surface area contributed by atoms with Crippen LogP contribution in [0.1, 0.15) is 0 Å². The number of rotatable bonds is 1. The van der Waals surface area contributed by atoms with Gasteiger partial charge in [0.1, 0.15) is 11.3 Å². The van der Waals surface area contributed by atoms with Crippen LogP contribution in [0.15, 0.2) is 18.2 Å². The van der Waals surface area contributed by atoms with Crippen LogP contribution >= 0.6 is 0 Å². The van der Waals surface area contributed by atoms with Crippen molar-refractivity contribution in [1.29, 1.82) is 0 Å². The Balaban J connectivity index is 2.87. The Kier molecular flexibility index (Phi) is 1.85. The molecular weight excluding hydrogens is 182 g/mol. The first-order valence-electron chi connectivity index (χ1n) is 4.01. The Morgan fingerprint density at radius 2 is 2.14 bits per heavy atom. The molecule has 0 unspecified atom stereocenters. The van der Waals surface area contributed by atoms with E-state index in [9.17, 15) is 5.11 Å². The Hall–Kier alpha value is -2.04. The number of aromatic nitrogens is 2. The normalized spacial score (nSPS) is 10.4. The van der Waals surface area contributed by atoms with Crippen LogP contribution in [0.25, 0.3) is 10.9 Å². The first-order valence-corrected chi connectivity index (χ1v) is 4.01. The summed E-state index contributed by atoms with van der Waals surface area (Å²) in [6.45, 7) is 0. The summed E-state index contributed by atoms with van der Waals surface area (Å²) in [7, 11) is 1.49. The smallest absolute Gasteiger partial charge is 0.226 e. The zero-order valence-electron chi connectivity index (χ0n) is 7.56. The van der Waals surface area contributed by atoms with Crippen LogP contribution in [-0.4, -0.2) is 22.2 Å². The fourth-order valence-corrected chi connectivity index (χ4v) is 1.28. The highest BCUT2D eigenvalue weighted by molar-refractivity contribution is 5.88. The van der Waals surface area contributed by atoms with Gasteiger partial charge in [-0.2, -0.15) is 4.98 Å². The predicted octanol–water partition coefficient (Wildman–Crippen LogP) is 0.926. The topological polar surface area (TPSA) is 81.3 Å². The van der Waals surface area contributed by atoms with Crippen LogP contribution in [0.4, 0.5) is 5.95 Å². The van der Waals surface area contributed by atoms with Gasteiger partial charge in [-0.1, -0.05) is 6.07 Å². The van der Waals surface area contributed by atoms with Crippen molar-refractivity contribution in [1.82, 2.24) is 9.97 Å². The molecule has 0 bridgehead atoms. The maximum atomic E-state index is 9.51. The number of ether oxygens (including phenoxy) is 1. The van der Waals surface area contributed by atoms with Crippen molar-refractivity contribution in [3.8, 4) is 11.6 Å². The van der Waals surface area contributed by atoms with E-state index >= 15 is 0 Å². The van der Waals surface area contributed by atoms with Gasteiger partial charge in [0.2, 0.25) is 11.8 Å². The number of nitrogens with zero attached hydrogens (tertiary/aromatic N) is 2. The molecule has 3 N–H and O–H groups in total. The van der Waals surface area contributed by atoms with Crippen molar-refractivity contribution >= 4 is 16.9 Å². The highest BCUT2D eigenvalue weighted by atomic mass is 16.5. The molecule has 72 valence electrons. The van der Waals surface area contributed by atoms with Gasteiger partial charge in [-0.3, -0.25) is 0 Å². The highest BCUT2D eigenvalue weighted by Gasteiger charge is 2.08. The van der Waals surface area contributed by atoms with E-state index in [0.29, 0.717) is 16.8 Å². The van der Waals surface area contributed by atoms with E-state index in [1.54, 1.807) is 12.1 Å². The van der Waals surface area contributed by atoms with Crippen LogP contribution in [0.2, 0.25) is 0 Å². The summed E-state index contributed by atoms with van der Waals surface area (Å²) >= 11 is 0. The molecule has 5 nitrogen and oxygen atoms in total. The second-order valence-corrected chi connectivity index (χ2v) is 2.76. The van der Waals surface area contributed by atoms with Gasteiger partial charge >= 0.3 is 0 Å². The number of methoxy groups -OCH3 is 1. The number of benzene rings is 1. The van der Waals surface area contributed by atoms with Gasteiger partial charge in [0.25, 0.3) is 0 Å². The average Bonchev–Trinajstić information content (AvgIpc) is 2.18. The van der Waals surface area contributed by atoms with Crippen molar-refractivity contribution in [3.05, 3.63) is 18.2 Å². The summed E-state index contributed by atoms with van der Waals surface area (Å²) in [5, 5.41) is 10.2. The molecule has 1 aromatic carbocycles. The van der Waals surface area contributed by atoms with E-state index in [2.05, 4.69) is 9.97 Å². The minimum Gasteiger partial charge on any atom is -0.506 e. The molecule has 2 rings (SSSR count). The van der Waals surface area contributed by atoms with Crippen LogP contribution in [0.5, 0.6) is 11.6 Å². The van der Waals surface area contributed by atoms with E-state index in [4.69, 9.17) is 10.5 Å². The summed E-state index contributed by atoms with van der Waals surface area (Å²) in [5.41, 5.74) is 5.86. The van der Waals surface area contributed by atoms with Crippen molar-refractivity contribution in [3.63, 3.8) is 0 Å². The van der Waals surface area contributed by atoms with Gasteiger partial charge in [-0.25, -0.2) is 4.98 Å². The number of aromatic hydroxyl groups is 1. The number of nitrogens with two attached hydrogens (primary N) is 1. The lowest BCUT2D eigenvalue weighted by Gasteiger charge is -2.05. The fourth-order valence-electron chi connectivity index (χ4n) is 1.28. The van der Waals surface area contributed by atoms with Crippen LogP contribution in [0.3, 0.4) is 0 Å². The van der Waals surface area contributed by atoms with Gasteiger partial charge in [0.05, 0.1) is 12.5 Å². The summed E-state index contributed by atoms with van der Waals surface area (Å²) in [5.74, 6) is 0.508. The van der Waals surface area contributed by atoms with Gasteiger partial charge in [0, 0.05) is 0 Å². The number of phenols is 1. The molecule has 14 heavy (non-hydrogen) atoms. The summed E-state index contributed by atoms with van der Waals surface area (Å²) < 4.78 is 5.02. The molecule has 1 aromatic heterocycles. The molecule has 0 aliphatic carbocycles. The zero-order chi connectivity index (χ0) is 10.1. The lowest BCUT2D eigenvalue weighted by atomic mass is 10.2. The van der Waals surface area contributed by atoms with Crippen molar-refractivity contribution < 1.29 is 9.84 Å². The number of nitrogen functional groups attached to an aromatic ring is 1. The summed E-state index contributed by atoms with van der Waals surface area (Å²) in [6.07, 6.45) is 0.